The van der Waals surface area contributed by atoms with Gasteiger partial charge in [-0.3, -0.25) is 14.6 Å². The number of nitrogens with one attached hydrogen (secondary N) is 1. The minimum absolute atomic E-state index is 0.157. The summed E-state index contributed by atoms with van der Waals surface area (Å²) in [4.78, 5) is 34.1. The van der Waals surface area contributed by atoms with Gasteiger partial charge in [-0.1, -0.05) is 41.9 Å². The van der Waals surface area contributed by atoms with Crippen molar-refractivity contribution in [2.45, 2.75) is 12.1 Å². The standard InChI is InChI=1S/C34H28ClN5O3/c1-39-21-37-20-31(39)34(43,25-8-6-23(7-9-25)33(42)38-19-22-12-14-36-15-13-22)26-10-11-30-29(17-26)28(18-32(41)40(30)2)24-4-3-5-27(35)16-24/h3-18,20-21,43H,19H2,1-2H3,(H,38,42). The number of carbonyl (C=O) groups is 1. The third kappa shape index (κ3) is 5.22. The van der Waals surface area contributed by atoms with Gasteiger partial charge >= 0.3 is 0 Å². The molecule has 0 spiro atoms. The van der Waals surface area contributed by atoms with Gasteiger partial charge in [0.25, 0.3) is 11.5 Å². The molecule has 0 saturated heterocycles. The van der Waals surface area contributed by atoms with Crippen LogP contribution in [-0.2, 0) is 26.2 Å². The van der Waals surface area contributed by atoms with E-state index in [0.29, 0.717) is 45.0 Å². The number of hydrogen-bond acceptors (Lipinski definition) is 5. The third-order valence-electron chi connectivity index (χ3n) is 7.75. The second-order valence-corrected chi connectivity index (χ2v) is 10.8. The van der Waals surface area contributed by atoms with Crippen molar-refractivity contribution in [3.8, 4) is 11.1 Å². The topological polar surface area (TPSA) is 102 Å². The molecule has 1 atom stereocenters. The van der Waals surface area contributed by atoms with E-state index in [4.69, 9.17) is 11.6 Å². The zero-order chi connectivity index (χ0) is 30.1. The van der Waals surface area contributed by atoms with Gasteiger partial charge in [0.15, 0.2) is 5.60 Å². The summed E-state index contributed by atoms with van der Waals surface area (Å²) >= 11 is 6.31. The van der Waals surface area contributed by atoms with Crippen molar-refractivity contribution in [3.63, 3.8) is 0 Å². The van der Waals surface area contributed by atoms with Crippen LogP contribution in [0.4, 0.5) is 0 Å². The van der Waals surface area contributed by atoms with E-state index in [9.17, 15) is 14.7 Å². The normalized spacial score (nSPS) is 12.7. The molecule has 6 aromatic rings. The molecule has 0 bridgehead atoms. The van der Waals surface area contributed by atoms with E-state index >= 15 is 0 Å². The molecule has 6 rings (SSSR count). The fourth-order valence-corrected chi connectivity index (χ4v) is 5.59. The van der Waals surface area contributed by atoms with E-state index in [1.807, 2.05) is 55.6 Å². The molecule has 214 valence electrons. The maximum absolute atomic E-state index is 12.9. The Morgan fingerprint density at radius 3 is 2.37 bits per heavy atom. The summed E-state index contributed by atoms with van der Waals surface area (Å²) in [5.41, 5.74) is 3.47. The fourth-order valence-electron chi connectivity index (χ4n) is 5.40. The minimum Gasteiger partial charge on any atom is -0.374 e. The zero-order valence-corrected chi connectivity index (χ0v) is 24.3. The van der Waals surface area contributed by atoms with Crippen LogP contribution in [0.3, 0.4) is 0 Å². The number of pyridine rings is 2. The fraction of sp³-hybridized carbons (Fsp3) is 0.118. The van der Waals surface area contributed by atoms with Crippen LogP contribution < -0.4 is 10.9 Å². The lowest BCUT2D eigenvalue weighted by atomic mass is 9.82. The van der Waals surface area contributed by atoms with Crippen LogP contribution in [0.1, 0.15) is 32.7 Å². The molecule has 3 heterocycles. The van der Waals surface area contributed by atoms with Gasteiger partial charge < -0.3 is 19.6 Å². The molecule has 1 unspecified atom stereocenters. The van der Waals surface area contributed by atoms with E-state index in [1.165, 1.54) is 0 Å². The summed E-state index contributed by atoms with van der Waals surface area (Å²) in [5.74, 6) is -0.231. The molecular formula is C34H28ClN5O3. The number of benzene rings is 3. The Balaban J connectivity index is 1.45. The summed E-state index contributed by atoms with van der Waals surface area (Å²) in [5, 5.41) is 16.9. The molecule has 3 aromatic heterocycles. The molecule has 0 fully saturated rings. The first-order valence-electron chi connectivity index (χ1n) is 13.6. The van der Waals surface area contributed by atoms with Gasteiger partial charge in [0, 0.05) is 55.1 Å². The summed E-state index contributed by atoms with van der Waals surface area (Å²) in [6, 6.07) is 25.0. The molecule has 9 heteroatoms. The highest BCUT2D eigenvalue weighted by Crippen LogP contribution is 2.39. The first-order valence-corrected chi connectivity index (χ1v) is 14.0. The zero-order valence-electron chi connectivity index (χ0n) is 23.5. The number of imidazole rings is 1. The van der Waals surface area contributed by atoms with E-state index in [1.54, 1.807) is 77.5 Å². The molecule has 0 saturated carbocycles. The molecule has 2 N–H and O–H groups in total. The van der Waals surface area contributed by atoms with Gasteiger partial charge in [0.1, 0.15) is 0 Å². The third-order valence-corrected chi connectivity index (χ3v) is 7.99. The second-order valence-electron chi connectivity index (χ2n) is 10.4. The van der Waals surface area contributed by atoms with E-state index in [-0.39, 0.29) is 11.5 Å². The molecule has 1 amide bonds. The summed E-state index contributed by atoms with van der Waals surface area (Å²) in [6.07, 6.45) is 6.61. The van der Waals surface area contributed by atoms with Crippen LogP contribution in [0.5, 0.6) is 0 Å². The molecule has 43 heavy (non-hydrogen) atoms. The van der Waals surface area contributed by atoms with Gasteiger partial charge in [-0.2, -0.15) is 0 Å². The molecular weight excluding hydrogens is 562 g/mol. The Hall–Kier alpha value is -5.05. The average molecular weight is 590 g/mol. The lowest BCUT2D eigenvalue weighted by Crippen LogP contribution is -2.31. The molecule has 0 radical (unpaired) electrons. The van der Waals surface area contributed by atoms with Crippen LogP contribution in [0.25, 0.3) is 22.0 Å². The Bertz CT molecular complexity index is 2020. The van der Waals surface area contributed by atoms with E-state index in [0.717, 1.165) is 16.5 Å². The number of fused-ring (bicyclic) bond motifs is 1. The highest BCUT2D eigenvalue weighted by molar-refractivity contribution is 6.30. The van der Waals surface area contributed by atoms with Gasteiger partial charge in [0.05, 0.1) is 23.7 Å². The number of amides is 1. The smallest absolute Gasteiger partial charge is 0.251 e. The van der Waals surface area contributed by atoms with Crippen LogP contribution >= 0.6 is 11.6 Å². The van der Waals surface area contributed by atoms with Crippen molar-refractivity contribution < 1.29 is 9.90 Å². The monoisotopic (exact) mass is 589 g/mol. The number of aliphatic hydroxyl groups is 1. The maximum atomic E-state index is 12.9. The summed E-state index contributed by atoms with van der Waals surface area (Å²) < 4.78 is 3.34. The second kappa shape index (κ2) is 11.3. The number of carbonyl (C=O) groups excluding carboxylic acids is 1. The number of rotatable bonds is 7. The summed E-state index contributed by atoms with van der Waals surface area (Å²) in [7, 11) is 3.54. The van der Waals surface area contributed by atoms with E-state index in [2.05, 4.69) is 15.3 Å². The minimum atomic E-state index is -1.63. The molecule has 8 nitrogen and oxygen atoms in total. The van der Waals surface area contributed by atoms with Crippen molar-refractivity contribution >= 4 is 28.4 Å². The van der Waals surface area contributed by atoms with Crippen molar-refractivity contribution in [2.24, 2.45) is 14.1 Å². The molecule has 0 aliphatic rings. The number of halogens is 1. The van der Waals surface area contributed by atoms with Crippen molar-refractivity contribution in [1.82, 2.24) is 24.4 Å². The Labute approximate surface area is 252 Å². The Morgan fingerprint density at radius 2 is 1.67 bits per heavy atom. The van der Waals surface area contributed by atoms with Crippen molar-refractivity contribution in [3.05, 3.63) is 153 Å². The predicted molar refractivity (Wildman–Crippen MR) is 167 cm³/mol. The molecule has 0 aliphatic carbocycles. The Morgan fingerprint density at radius 1 is 0.930 bits per heavy atom. The number of aryl methyl sites for hydroxylation is 2. The maximum Gasteiger partial charge on any atom is 0.251 e. The van der Waals surface area contributed by atoms with Crippen LogP contribution in [-0.4, -0.2) is 30.1 Å². The quantitative estimate of drug-likeness (QED) is 0.266. The first-order chi connectivity index (χ1) is 20.8. The molecule has 3 aromatic carbocycles. The van der Waals surface area contributed by atoms with Gasteiger partial charge in [-0.25, -0.2) is 4.98 Å². The Kier molecular flexibility index (Phi) is 7.39. The van der Waals surface area contributed by atoms with Gasteiger partial charge in [-0.15, -0.1) is 0 Å². The SMILES string of the molecule is Cn1cncc1C(O)(c1ccc(C(=O)NCc2ccncc2)cc1)c1ccc2c(c1)c(-c1cccc(Cl)c1)cc(=O)n2C. The van der Waals surface area contributed by atoms with Crippen molar-refractivity contribution in [2.75, 3.05) is 0 Å². The van der Waals surface area contributed by atoms with Gasteiger partial charge in [-0.05, 0) is 76.3 Å². The number of nitrogens with zero attached hydrogens (tertiary/aromatic N) is 4. The van der Waals surface area contributed by atoms with Gasteiger partial charge in [0.2, 0.25) is 0 Å². The number of aromatic nitrogens is 4. The highest BCUT2D eigenvalue weighted by atomic mass is 35.5. The van der Waals surface area contributed by atoms with Crippen LogP contribution in [0, 0.1) is 0 Å². The van der Waals surface area contributed by atoms with E-state index < -0.39 is 5.60 Å². The lowest BCUT2D eigenvalue weighted by Gasteiger charge is -2.30. The van der Waals surface area contributed by atoms with Crippen LogP contribution in [0.15, 0.2) is 115 Å². The molecule has 0 aliphatic heterocycles. The number of hydrogen-bond donors (Lipinski definition) is 2. The average Bonchev–Trinajstić information content (AvgIpc) is 3.47. The lowest BCUT2D eigenvalue weighted by molar-refractivity contribution is 0.0949. The van der Waals surface area contributed by atoms with Crippen LogP contribution in [0.2, 0.25) is 5.02 Å². The van der Waals surface area contributed by atoms with Crippen molar-refractivity contribution in [1.29, 1.82) is 0 Å². The highest BCUT2D eigenvalue weighted by Gasteiger charge is 2.37. The first kappa shape index (κ1) is 28.1. The predicted octanol–water partition coefficient (Wildman–Crippen LogP) is 5.20. The largest absolute Gasteiger partial charge is 0.374 e. The summed E-state index contributed by atoms with van der Waals surface area (Å²) in [6.45, 7) is 0.372.